The van der Waals surface area contributed by atoms with Crippen LogP contribution in [0.2, 0.25) is 0 Å². The van der Waals surface area contributed by atoms with E-state index in [1.54, 1.807) is 0 Å². The van der Waals surface area contributed by atoms with E-state index >= 15 is 0 Å². The monoisotopic (exact) mass is 196 g/mol. The number of fused-ring (bicyclic) bond motifs is 3. The topological polar surface area (TPSA) is 58.5 Å². The first-order valence-corrected chi connectivity index (χ1v) is 5.36. The van der Waals surface area contributed by atoms with E-state index in [0.717, 1.165) is 18.2 Å². The first-order chi connectivity index (χ1) is 6.66. The predicted octanol–water partition coefficient (Wildman–Crippen LogP) is 0.0763. The van der Waals surface area contributed by atoms with Gasteiger partial charge in [-0.15, -0.1) is 0 Å². The molecule has 3 aliphatic rings. The van der Waals surface area contributed by atoms with Crippen LogP contribution in [-0.4, -0.2) is 35.6 Å². The van der Waals surface area contributed by atoms with E-state index < -0.39 is 0 Å². The Hall–Kier alpha value is -0.740. The van der Waals surface area contributed by atoms with Crippen LogP contribution in [0.1, 0.15) is 19.8 Å². The maximum absolute atomic E-state index is 5.99. The summed E-state index contributed by atoms with van der Waals surface area (Å²) in [5.41, 5.74) is 6.41. The van der Waals surface area contributed by atoms with E-state index in [9.17, 15) is 0 Å². The molecule has 0 aromatic carbocycles. The summed E-state index contributed by atoms with van der Waals surface area (Å²) in [7, 11) is 0. The van der Waals surface area contributed by atoms with Gasteiger partial charge in [0.1, 0.15) is 0 Å². The Morgan fingerprint density at radius 1 is 1.43 bits per heavy atom. The summed E-state index contributed by atoms with van der Waals surface area (Å²) in [4.78, 5) is 2.49. The number of nitrogens with zero attached hydrogens (tertiary/aromatic N) is 2. The Labute approximate surface area is 85.5 Å². The molecular formula is C10H20N4. The van der Waals surface area contributed by atoms with Gasteiger partial charge in [-0.05, 0) is 38.8 Å². The number of piperidine rings is 3. The first-order valence-electron chi connectivity index (χ1n) is 5.36. The van der Waals surface area contributed by atoms with Crippen LogP contribution in [-0.2, 0) is 0 Å². The fourth-order valence-corrected chi connectivity index (χ4v) is 2.60. The van der Waals surface area contributed by atoms with Gasteiger partial charge in [0.25, 0.3) is 0 Å². The van der Waals surface area contributed by atoms with Gasteiger partial charge in [0.15, 0.2) is 0 Å². The van der Waals surface area contributed by atoms with Crippen molar-refractivity contribution in [3.05, 3.63) is 11.9 Å². The molecule has 4 N–H and O–H groups in total. The molecule has 0 aromatic rings. The number of allylic oxidation sites excluding steroid dienone is 1. The lowest BCUT2D eigenvalue weighted by molar-refractivity contribution is 0.0251. The normalized spacial score (nSPS) is 37.3. The highest BCUT2D eigenvalue weighted by Crippen LogP contribution is 2.29. The highest BCUT2D eigenvalue weighted by Gasteiger charge is 2.35. The summed E-state index contributed by atoms with van der Waals surface area (Å²) < 4.78 is 0. The summed E-state index contributed by atoms with van der Waals surface area (Å²) in [6.07, 6.45) is 4.43. The highest BCUT2D eigenvalue weighted by molar-refractivity contribution is 4.97. The zero-order valence-corrected chi connectivity index (χ0v) is 8.82. The molecule has 4 nitrogen and oxygen atoms in total. The van der Waals surface area contributed by atoms with Crippen LogP contribution < -0.4 is 11.6 Å². The molecule has 0 aliphatic carbocycles. The Kier molecular flexibility index (Phi) is 2.65. The summed E-state index contributed by atoms with van der Waals surface area (Å²) in [6, 6.07) is 0.469. The molecule has 3 aliphatic heterocycles. The lowest BCUT2D eigenvalue weighted by atomic mass is 9.84. The third kappa shape index (κ3) is 1.86. The van der Waals surface area contributed by atoms with Crippen molar-refractivity contribution >= 4 is 0 Å². The highest BCUT2D eigenvalue weighted by atomic mass is 15.4. The maximum Gasteiger partial charge on any atom is 0.0602 e. The van der Waals surface area contributed by atoms with Crippen LogP contribution in [0.4, 0.5) is 0 Å². The van der Waals surface area contributed by atoms with Crippen LogP contribution in [0, 0.1) is 5.92 Å². The third-order valence-corrected chi connectivity index (χ3v) is 3.36. The van der Waals surface area contributed by atoms with E-state index in [1.165, 1.54) is 25.9 Å². The smallest absolute Gasteiger partial charge is 0.0602 e. The zero-order chi connectivity index (χ0) is 10.1. The second-order valence-corrected chi connectivity index (χ2v) is 4.53. The van der Waals surface area contributed by atoms with Crippen LogP contribution in [0.25, 0.3) is 0 Å². The average Bonchev–Trinajstić information content (AvgIpc) is 2.18. The fraction of sp³-hybridized carbons (Fsp3) is 0.800. The minimum absolute atomic E-state index is 0.469. The number of rotatable bonds is 2. The molecule has 0 radical (unpaired) electrons. The lowest BCUT2D eigenvalue weighted by Crippen LogP contribution is -2.57. The standard InChI is InChI=1S/C10H20N4/c1-8(11)6-14(12)10-7-13-4-2-9(10)3-5-13/h6,9-10H,2-5,7,11-12H2,1H3/b8-6-. The average molecular weight is 196 g/mol. The molecule has 3 fully saturated rings. The largest absolute Gasteiger partial charge is 0.401 e. The maximum atomic E-state index is 5.99. The molecule has 80 valence electrons. The van der Waals surface area contributed by atoms with E-state index in [0.29, 0.717) is 6.04 Å². The van der Waals surface area contributed by atoms with Gasteiger partial charge >= 0.3 is 0 Å². The van der Waals surface area contributed by atoms with Gasteiger partial charge in [-0.3, -0.25) is 0 Å². The molecule has 2 bridgehead atoms. The quantitative estimate of drug-likeness (QED) is 0.485. The first kappa shape index (κ1) is 9.80. The molecule has 3 heterocycles. The van der Waals surface area contributed by atoms with E-state index in [4.69, 9.17) is 11.6 Å². The van der Waals surface area contributed by atoms with Crippen LogP contribution in [0.3, 0.4) is 0 Å². The van der Waals surface area contributed by atoms with Crippen molar-refractivity contribution in [2.24, 2.45) is 17.5 Å². The molecule has 0 saturated carbocycles. The molecule has 3 rings (SSSR count). The van der Waals surface area contributed by atoms with Gasteiger partial charge in [-0.1, -0.05) is 0 Å². The summed E-state index contributed by atoms with van der Waals surface area (Å²) in [5, 5.41) is 1.81. The van der Waals surface area contributed by atoms with Crippen LogP contribution in [0.15, 0.2) is 11.9 Å². The predicted molar refractivity (Wildman–Crippen MR) is 56.9 cm³/mol. The molecule has 1 atom stereocenters. The van der Waals surface area contributed by atoms with Gasteiger partial charge < -0.3 is 15.6 Å². The molecule has 14 heavy (non-hydrogen) atoms. The molecule has 0 aromatic heterocycles. The van der Waals surface area contributed by atoms with E-state index in [2.05, 4.69) is 4.90 Å². The van der Waals surface area contributed by atoms with E-state index in [1.807, 2.05) is 18.1 Å². The second kappa shape index (κ2) is 3.79. The minimum atomic E-state index is 0.469. The van der Waals surface area contributed by atoms with Gasteiger partial charge in [0.2, 0.25) is 0 Å². The van der Waals surface area contributed by atoms with Crippen molar-refractivity contribution in [2.45, 2.75) is 25.8 Å². The molecular weight excluding hydrogens is 176 g/mol. The molecule has 0 amide bonds. The van der Waals surface area contributed by atoms with Crippen molar-refractivity contribution in [2.75, 3.05) is 19.6 Å². The van der Waals surface area contributed by atoms with Gasteiger partial charge in [0.05, 0.1) is 6.04 Å². The van der Waals surface area contributed by atoms with Gasteiger partial charge in [-0.25, -0.2) is 5.84 Å². The number of hydrogen-bond donors (Lipinski definition) is 2. The fourth-order valence-electron chi connectivity index (χ4n) is 2.60. The summed E-state index contributed by atoms with van der Waals surface area (Å²) in [6.45, 7) is 5.48. The molecule has 0 spiro atoms. The third-order valence-electron chi connectivity index (χ3n) is 3.36. The number of hydrogen-bond acceptors (Lipinski definition) is 4. The molecule has 1 unspecified atom stereocenters. The second-order valence-electron chi connectivity index (χ2n) is 4.53. The van der Waals surface area contributed by atoms with Crippen molar-refractivity contribution in [3.63, 3.8) is 0 Å². The minimum Gasteiger partial charge on any atom is -0.401 e. The van der Waals surface area contributed by atoms with Crippen LogP contribution >= 0.6 is 0 Å². The SMILES string of the molecule is C/C(N)=C/N(N)C1CN2CCC1CC2. The zero-order valence-electron chi connectivity index (χ0n) is 8.82. The van der Waals surface area contributed by atoms with Gasteiger partial charge in [-0.2, -0.15) is 0 Å². The molecule has 4 heteroatoms. The Balaban J connectivity index is 2.01. The van der Waals surface area contributed by atoms with Gasteiger partial charge in [0, 0.05) is 18.4 Å². The van der Waals surface area contributed by atoms with Crippen molar-refractivity contribution in [1.82, 2.24) is 9.91 Å². The Morgan fingerprint density at radius 2 is 2.07 bits per heavy atom. The number of nitrogens with two attached hydrogens (primary N) is 2. The van der Waals surface area contributed by atoms with Crippen molar-refractivity contribution in [1.29, 1.82) is 0 Å². The lowest BCUT2D eigenvalue weighted by Gasteiger charge is -2.47. The Bertz CT molecular complexity index is 226. The summed E-state index contributed by atoms with van der Waals surface area (Å²) in [5.74, 6) is 6.75. The van der Waals surface area contributed by atoms with Crippen molar-refractivity contribution in [3.8, 4) is 0 Å². The summed E-state index contributed by atoms with van der Waals surface area (Å²) >= 11 is 0. The number of hydrazine groups is 1. The van der Waals surface area contributed by atoms with E-state index in [-0.39, 0.29) is 0 Å². The Morgan fingerprint density at radius 3 is 2.50 bits per heavy atom. The van der Waals surface area contributed by atoms with Crippen molar-refractivity contribution < 1.29 is 0 Å². The van der Waals surface area contributed by atoms with Crippen LogP contribution in [0.5, 0.6) is 0 Å². The molecule has 3 saturated heterocycles.